The zero-order chi connectivity index (χ0) is 16.1. The molecule has 2 aromatic heterocycles. The molecular formula is C15H21N5O2. The summed E-state index contributed by atoms with van der Waals surface area (Å²) in [7, 11) is 1.96. The van der Waals surface area contributed by atoms with Crippen molar-refractivity contribution in [2.24, 2.45) is 0 Å². The highest BCUT2D eigenvalue weighted by Crippen LogP contribution is 2.07. The summed E-state index contributed by atoms with van der Waals surface area (Å²) in [6, 6.07) is 0. The standard InChI is InChI=1S/C15H21N5O2/c1-12(21)8-19-6-4-16-14(19)10-18(3)11-15-17-5-7-20(15)9-13(2)22/h4-7H,8-11H2,1-3H3. The molecule has 0 saturated heterocycles. The molecule has 0 saturated carbocycles. The molecule has 7 nitrogen and oxygen atoms in total. The van der Waals surface area contributed by atoms with E-state index < -0.39 is 0 Å². The van der Waals surface area contributed by atoms with Crippen molar-refractivity contribution in [1.82, 2.24) is 24.0 Å². The summed E-state index contributed by atoms with van der Waals surface area (Å²) in [4.78, 5) is 33.1. The maximum atomic E-state index is 11.2. The van der Waals surface area contributed by atoms with E-state index in [9.17, 15) is 9.59 Å². The van der Waals surface area contributed by atoms with E-state index in [2.05, 4.69) is 14.9 Å². The van der Waals surface area contributed by atoms with Crippen molar-refractivity contribution in [3.8, 4) is 0 Å². The Balaban J connectivity index is 2.00. The van der Waals surface area contributed by atoms with Crippen molar-refractivity contribution >= 4 is 11.6 Å². The second-order valence-corrected chi connectivity index (χ2v) is 5.52. The molecule has 2 heterocycles. The third-order valence-corrected chi connectivity index (χ3v) is 3.21. The molecule has 0 aliphatic carbocycles. The smallest absolute Gasteiger partial charge is 0.149 e. The largest absolute Gasteiger partial charge is 0.326 e. The first-order valence-corrected chi connectivity index (χ1v) is 7.13. The van der Waals surface area contributed by atoms with Crippen LogP contribution in [0.3, 0.4) is 0 Å². The number of nitrogens with zero attached hydrogens (tertiary/aromatic N) is 5. The van der Waals surface area contributed by atoms with Crippen LogP contribution in [0.25, 0.3) is 0 Å². The fourth-order valence-electron chi connectivity index (χ4n) is 2.29. The summed E-state index contributed by atoms with van der Waals surface area (Å²) < 4.78 is 3.70. The number of carbonyl (C=O) groups is 2. The summed E-state index contributed by atoms with van der Waals surface area (Å²) in [5.74, 6) is 1.86. The third kappa shape index (κ3) is 4.36. The van der Waals surface area contributed by atoms with Crippen molar-refractivity contribution in [3.05, 3.63) is 36.4 Å². The summed E-state index contributed by atoms with van der Waals surface area (Å²) in [6.45, 7) is 5.00. The molecule has 0 radical (unpaired) electrons. The van der Waals surface area contributed by atoms with E-state index in [0.29, 0.717) is 26.2 Å². The van der Waals surface area contributed by atoms with Gasteiger partial charge >= 0.3 is 0 Å². The molecule has 0 amide bonds. The molecule has 22 heavy (non-hydrogen) atoms. The Morgan fingerprint density at radius 1 is 0.955 bits per heavy atom. The molecule has 0 aromatic carbocycles. The highest BCUT2D eigenvalue weighted by atomic mass is 16.1. The Kier molecular flexibility index (Phi) is 5.21. The quantitative estimate of drug-likeness (QED) is 0.724. The molecule has 0 unspecified atom stereocenters. The van der Waals surface area contributed by atoms with E-state index in [4.69, 9.17) is 0 Å². The average Bonchev–Trinajstić information content (AvgIpc) is 2.99. The molecule has 0 N–H and O–H groups in total. The van der Waals surface area contributed by atoms with E-state index in [1.165, 1.54) is 0 Å². The number of ketones is 2. The molecule has 118 valence electrons. The van der Waals surface area contributed by atoms with Crippen LogP contribution in [0.1, 0.15) is 25.5 Å². The molecule has 0 atom stereocenters. The zero-order valence-electron chi connectivity index (χ0n) is 13.2. The van der Waals surface area contributed by atoms with Crippen LogP contribution < -0.4 is 0 Å². The van der Waals surface area contributed by atoms with Gasteiger partial charge in [0.05, 0.1) is 26.2 Å². The highest BCUT2D eigenvalue weighted by molar-refractivity contribution is 5.75. The third-order valence-electron chi connectivity index (χ3n) is 3.21. The van der Waals surface area contributed by atoms with Gasteiger partial charge in [-0.15, -0.1) is 0 Å². The zero-order valence-corrected chi connectivity index (χ0v) is 13.2. The number of carbonyl (C=O) groups excluding carboxylic acids is 2. The van der Waals surface area contributed by atoms with E-state index in [1.807, 2.05) is 16.2 Å². The van der Waals surface area contributed by atoms with E-state index in [1.54, 1.807) is 38.6 Å². The highest BCUT2D eigenvalue weighted by Gasteiger charge is 2.11. The first kappa shape index (κ1) is 16.1. The average molecular weight is 303 g/mol. The molecule has 0 fully saturated rings. The van der Waals surface area contributed by atoms with E-state index in [0.717, 1.165) is 11.6 Å². The Labute approximate surface area is 129 Å². The minimum absolute atomic E-state index is 0.0962. The monoisotopic (exact) mass is 303 g/mol. The predicted molar refractivity (Wildman–Crippen MR) is 81.0 cm³/mol. The number of hydrogen-bond donors (Lipinski definition) is 0. The Morgan fingerprint density at radius 2 is 1.36 bits per heavy atom. The second-order valence-electron chi connectivity index (χ2n) is 5.52. The van der Waals surface area contributed by atoms with Gasteiger partial charge in [0, 0.05) is 24.8 Å². The molecule has 0 spiro atoms. The fraction of sp³-hybridized carbons (Fsp3) is 0.467. The van der Waals surface area contributed by atoms with Crippen molar-refractivity contribution in [2.45, 2.75) is 40.0 Å². The lowest BCUT2D eigenvalue weighted by atomic mass is 10.4. The van der Waals surface area contributed by atoms with Crippen molar-refractivity contribution in [3.63, 3.8) is 0 Å². The topological polar surface area (TPSA) is 73.0 Å². The lowest BCUT2D eigenvalue weighted by Crippen LogP contribution is -2.23. The molecule has 2 aromatic rings. The van der Waals surface area contributed by atoms with Gasteiger partial charge in [-0.1, -0.05) is 0 Å². The summed E-state index contributed by atoms with van der Waals surface area (Å²) in [6.07, 6.45) is 7.01. The predicted octanol–water partition coefficient (Wildman–Crippen LogP) is 0.890. The maximum absolute atomic E-state index is 11.2. The maximum Gasteiger partial charge on any atom is 0.149 e. The number of Topliss-reactive ketones (excluding diaryl/α,β-unsaturated/α-hetero) is 2. The van der Waals surface area contributed by atoms with Crippen LogP contribution in [0.15, 0.2) is 24.8 Å². The minimum atomic E-state index is 0.0962. The molecule has 0 aliphatic rings. The molecule has 0 bridgehead atoms. The van der Waals surface area contributed by atoms with Crippen LogP contribution in [0.5, 0.6) is 0 Å². The summed E-state index contributed by atoms with van der Waals surface area (Å²) >= 11 is 0. The molecular weight excluding hydrogens is 282 g/mol. The van der Waals surface area contributed by atoms with Crippen LogP contribution in [-0.4, -0.2) is 42.6 Å². The summed E-state index contributed by atoms with van der Waals surface area (Å²) in [5, 5.41) is 0. The lowest BCUT2D eigenvalue weighted by Gasteiger charge is -2.17. The number of hydrogen-bond acceptors (Lipinski definition) is 5. The van der Waals surface area contributed by atoms with Crippen molar-refractivity contribution in [1.29, 1.82) is 0 Å². The molecule has 0 aliphatic heterocycles. The first-order chi connectivity index (χ1) is 10.5. The van der Waals surface area contributed by atoms with Gasteiger partial charge in [-0.3, -0.25) is 14.5 Å². The van der Waals surface area contributed by atoms with Gasteiger partial charge in [0.2, 0.25) is 0 Å². The van der Waals surface area contributed by atoms with Crippen LogP contribution in [0.2, 0.25) is 0 Å². The number of aromatic nitrogens is 4. The lowest BCUT2D eigenvalue weighted by molar-refractivity contribution is -0.118. The normalized spacial score (nSPS) is 11.1. The van der Waals surface area contributed by atoms with Gasteiger partial charge in [-0.05, 0) is 20.9 Å². The fourth-order valence-corrected chi connectivity index (χ4v) is 2.29. The van der Waals surface area contributed by atoms with Gasteiger partial charge in [0.1, 0.15) is 23.2 Å². The Hall–Kier alpha value is -2.28. The number of rotatable bonds is 8. The van der Waals surface area contributed by atoms with Crippen molar-refractivity contribution < 1.29 is 9.59 Å². The van der Waals surface area contributed by atoms with Crippen LogP contribution in [-0.2, 0) is 35.8 Å². The van der Waals surface area contributed by atoms with Crippen LogP contribution in [0, 0.1) is 0 Å². The van der Waals surface area contributed by atoms with E-state index >= 15 is 0 Å². The van der Waals surface area contributed by atoms with E-state index in [-0.39, 0.29) is 11.6 Å². The van der Waals surface area contributed by atoms with Gasteiger partial charge in [0.25, 0.3) is 0 Å². The Morgan fingerprint density at radius 3 is 1.73 bits per heavy atom. The van der Waals surface area contributed by atoms with Gasteiger partial charge in [0.15, 0.2) is 0 Å². The SMILES string of the molecule is CC(=O)Cn1ccnc1CN(C)Cc1nccn1CC(C)=O. The molecule has 2 rings (SSSR count). The number of imidazole rings is 2. The van der Waals surface area contributed by atoms with Crippen LogP contribution >= 0.6 is 0 Å². The van der Waals surface area contributed by atoms with Crippen LogP contribution in [0.4, 0.5) is 0 Å². The van der Waals surface area contributed by atoms with Crippen molar-refractivity contribution in [2.75, 3.05) is 7.05 Å². The van der Waals surface area contributed by atoms with Gasteiger partial charge in [-0.2, -0.15) is 0 Å². The van der Waals surface area contributed by atoms with Gasteiger partial charge in [-0.25, -0.2) is 9.97 Å². The molecule has 7 heteroatoms. The summed E-state index contributed by atoms with van der Waals surface area (Å²) in [5.41, 5.74) is 0. The minimum Gasteiger partial charge on any atom is -0.326 e. The first-order valence-electron chi connectivity index (χ1n) is 7.13. The second kappa shape index (κ2) is 7.13. The Bertz CT molecular complexity index is 602. The van der Waals surface area contributed by atoms with Gasteiger partial charge < -0.3 is 9.13 Å².